The summed E-state index contributed by atoms with van der Waals surface area (Å²) in [4.78, 5) is 17.2. The maximum absolute atomic E-state index is 12.8. The third-order valence-electron chi connectivity index (χ3n) is 3.96. The summed E-state index contributed by atoms with van der Waals surface area (Å²) in [5, 5.41) is 3.42. The highest BCUT2D eigenvalue weighted by atomic mass is 35.5. The molecule has 1 atom stereocenters. The van der Waals surface area contributed by atoms with Crippen molar-refractivity contribution in [3.8, 4) is 5.75 Å². The lowest BCUT2D eigenvalue weighted by Crippen LogP contribution is -2.31. The van der Waals surface area contributed by atoms with Crippen LogP contribution in [0, 0.1) is 0 Å². The Bertz CT molecular complexity index is 892. The van der Waals surface area contributed by atoms with Crippen LogP contribution in [-0.4, -0.2) is 22.6 Å². The molecule has 0 aliphatic heterocycles. The minimum absolute atomic E-state index is 0.274. The van der Waals surface area contributed by atoms with E-state index in [0.29, 0.717) is 22.2 Å². The standard InChI is InChI=1S/C19H18ClN3O2/c1-23-12-11-21-18(23)17(14-8-4-6-10-16(14)25-2)22-19(24)13-7-3-5-9-15(13)20/h3-12,17H,1-2H3,(H,22,24)/t17-/m1/s1. The molecule has 1 N–H and O–H groups in total. The van der Waals surface area contributed by atoms with Crippen LogP contribution in [0.4, 0.5) is 0 Å². The van der Waals surface area contributed by atoms with Gasteiger partial charge in [0.15, 0.2) is 0 Å². The van der Waals surface area contributed by atoms with Gasteiger partial charge < -0.3 is 14.6 Å². The zero-order valence-corrected chi connectivity index (χ0v) is 14.7. The topological polar surface area (TPSA) is 56.1 Å². The van der Waals surface area contributed by atoms with E-state index in [0.717, 1.165) is 5.56 Å². The van der Waals surface area contributed by atoms with Crippen molar-refractivity contribution in [1.82, 2.24) is 14.9 Å². The van der Waals surface area contributed by atoms with Crippen LogP contribution < -0.4 is 10.1 Å². The maximum atomic E-state index is 12.8. The van der Waals surface area contributed by atoms with E-state index in [9.17, 15) is 4.79 Å². The quantitative estimate of drug-likeness (QED) is 0.760. The summed E-state index contributed by atoms with van der Waals surface area (Å²) >= 11 is 6.16. The van der Waals surface area contributed by atoms with Crippen LogP contribution >= 0.6 is 11.6 Å². The Labute approximate surface area is 151 Å². The van der Waals surface area contributed by atoms with Gasteiger partial charge in [-0.1, -0.05) is 41.9 Å². The number of imidazole rings is 1. The van der Waals surface area contributed by atoms with Crippen molar-refractivity contribution in [3.05, 3.63) is 82.9 Å². The Balaban J connectivity index is 2.02. The zero-order valence-electron chi connectivity index (χ0n) is 13.9. The maximum Gasteiger partial charge on any atom is 0.253 e. The molecule has 3 aromatic rings. The summed E-state index contributed by atoms with van der Waals surface area (Å²) < 4.78 is 7.33. The van der Waals surface area contributed by atoms with Crippen LogP contribution in [-0.2, 0) is 7.05 Å². The van der Waals surface area contributed by atoms with E-state index in [2.05, 4.69) is 10.3 Å². The van der Waals surface area contributed by atoms with Gasteiger partial charge in [-0.05, 0) is 18.2 Å². The van der Waals surface area contributed by atoms with Gasteiger partial charge in [0, 0.05) is 25.0 Å². The van der Waals surface area contributed by atoms with Crippen molar-refractivity contribution in [1.29, 1.82) is 0 Å². The molecule has 0 aliphatic carbocycles. The second-order valence-corrected chi connectivity index (χ2v) is 5.93. The lowest BCUT2D eigenvalue weighted by atomic mass is 10.0. The number of hydrogen-bond acceptors (Lipinski definition) is 3. The van der Waals surface area contributed by atoms with Crippen LogP contribution in [0.5, 0.6) is 5.75 Å². The highest BCUT2D eigenvalue weighted by Gasteiger charge is 2.24. The predicted molar refractivity (Wildman–Crippen MR) is 97.0 cm³/mol. The number of hydrogen-bond donors (Lipinski definition) is 1. The van der Waals surface area contributed by atoms with Gasteiger partial charge in [-0.25, -0.2) is 4.98 Å². The molecule has 1 aromatic heterocycles. The molecule has 6 heteroatoms. The average Bonchev–Trinajstić information content (AvgIpc) is 3.05. The number of para-hydroxylation sites is 1. The Hall–Kier alpha value is -2.79. The molecular weight excluding hydrogens is 338 g/mol. The molecule has 0 aliphatic rings. The highest BCUT2D eigenvalue weighted by molar-refractivity contribution is 6.33. The van der Waals surface area contributed by atoms with E-state index in [1.807, 2.05) is 42.1 Å². The molecule has 0 saturated heterocycles. The normalized spacial score (nSPS) is 11.8. The van der Waals surface area contributed by atoms with Gasteiger partial charge in [0.25, 0.3) is 5.91 Å². The molecule has 1 amide bonds. The number of nitrogens with zero attached hydrogens (tertiary/aromatic N) is 2. The fourth-order valence-electron chi connectivity index (χ4n) is 2.70. The van der Waals surface area contributed by atoms with E-state index in [-0.39, 0.29) is 5.91 Å². The van der Waals surface area contributed by atoms with Gasteiger partial charge in [0.05, 0.1) is 17.7 Å². The molecule has 0 bridgehead atoms. The van der Waals surface area contributed by atoms with Crippen molar-refractivity contribution in [2.24, 2.45) is 7.05 Å². The molecule has 0 radical (unpaired) electrons. The molecule has 0 spiro atoms. The first-order chi connectivity index (χ1) is 12.1. The monoisotopic (exact) mass is 355 g/mol. The largest absolute Gasteiger partial charge is 0.496 e. The minimum Gasteiger partial charge on any atom is -0.496 e. The average molecular weight is 356 g/mol. The summed E-state index contributed by atoms with van der Waals surface area (Å²) in [6.07, 6.45) is 3.53. The second kappa shape index (κ2) is 7.40. The van der Waals surface area contributed by atoms with Crippen LogP contribution in [0.2, 0.25) is 5.02 Å². The van der Waals surface area contributed by atoms with E-state index < -0.39 is 6.04 Å². The number of benzene rings is 2. The SMILES string of the molecule is COc1ccccc1[C@@H](NC(=O)c1ccccc1Cl)c1nccn1C. The van der Waals surface area contributed by atoms with Crippen molar-refractivity contribution in [2.45, 2.75) is 6.04 Å². The third-order valence-corrected chi connectivity index (χ3v) is 4.29. The molecule has 3 rings (SSSR count). The van der Waals surface area contributed by atoms with Gasteiger partial charge in [0.2, 0.25) is 0 Å². The van der Waals surface area contributed by atoms with Crippen molar-refractivity contribution >= 4 is 17.5 Å². The second-order valence-electron chi connectivity index (χ2n) is 5.52. The number of rotatable bonds is 5. The number of aromatic nitrogens is 2. The molecule has 1 heterocycles. The van der Waals surface area contributed by atoms with Crippen LogP contribution in [0.1, 0.15) is 27.8 Å². The van der Waals surface area contributed by atoms with Gasteiger partial charge >= 0.3 is 0 Å². The molecule has 0 unspecified atom stereocenters. The Morgan fingerprint density at radius 2 is 1.92 bits per heavy atom. The lowest BCUT2D eigenvalue weighted by molar-refractivity contribution is 0.0941. The molecule has 128 valence electrons. The van der Waals surface area contributed by atoms with Gasteiger partial charge in [-0.15, -0.1) is 0 Å². The van der Waals surface area contributed by atoms with E-state index >= 15 is 0 Å². The molecule has 2 aromatic carbocycles. The Kier molecular flexibility index (Phi) is 5.05. The van der Waals surface area contributed by atoms with E-state index in [1.54, 1.807) is 37.6 Å². The van der Waals surface area contributed by atoms with Crippen molar-refractivity contribution in [3.63, 3.8) is 0 Å². The summed E-state index contributed by atoms with van der Waals surface area (Å²) in [5.41, 5.74) is 1.23. The first-order valence-electron chi connectivity index (χ1n) is 7.77. The Morgan fingerprint density at radius 1 is 1.20 bits per heavy atom. The number of halogens is 1. The van der Waals surface area contributed by atoms with Crippen molar-refractivity contribution in [2.75, 3.05) is 7.11 Å². The number of aryl methyl sites for hydroxylation is 1. The van der Waals surface area contributed by atoms with Gasteiger partial charge in [0.1, 0.15) is 17.6 Å². The van der Waals surface area contributed by atoms with E-state index in [1.165, 1.54) is 0 Å². The van der Waals surface area contributed by atoms with Crippen molar-refractivity contribution < 1.29 is 9.53 Å². The molecular formula is C19H18ClN3O2. The number of ether oxygens (including phenoxy) is 1. The fraction of sp³-hybridized carbons (Fsp3) is 0.158. The number of carbonyl (C=O) groups is 1. The number of nitrogens with one attached hydrogen (secondary N) is 1. The minimum atomic E-state index is -0.472. The van der Waals surface area contributed by atoms with Gasteiger partial charge in [-0.2, -0.15) is 0 Å². The summed E-state index contributed by atoms with van der Waals surface area (Å²) in [5.74, 6) is 1.10. The Morgan fingerprint density at radius 3 is 2.60 bits per heavy atom. The summed E-state index contributed by atoms with van der Waals surface area (Å²) in [6, 6.07) is 14.0. The smallest absolute Gasteiger partial charge is 0.253 e. The first kappa shape index (κ1) is 17.0. The number of carbonyl (C=O) groups excluding carboxylic acids is 1. The predicted octanol–water partition coefficient (Wildman–Crippen LogP) is 3.60. The summed E-state index contributed by atoms with van der Waals surface area (Å²) in [7, 11) is 3.48. The van der Waals surface area contributed by atoms with Crippen LogP contribution in [0.25, 0.3) is 0 Å². The number of methoxy groups -OCH3 is 1. The third kappa shape index (κ3) is 3.51. The summed E-state index contributed by atoms with van der Waals surface area (Å²) in [6.45, 7) is 0. The molecule has 0 fully saturated rings. The molecule has 5 nitrogen and oxygen atoms in total. The van der Waals surface area contributed by atoms with Crippen LogP contribution in [0.15, 0.2) is 60.9 Å². The molecule has 25 heavy (non-hydrogen) atoms. The van der Waals surface area contributed by atoms with Gasteiger partial charge in [-0.3, -0.25) is 4.79 Å². The lowest BCUT2D eigenvalue weighted by Gasteiger charge is -2.21. The fourth-order valence-corrected chi connectivity index (χ4v) is 2.92. The van der Waals surface area contributed by atoms with Crippen LogP contribution in [0.3, 0.4) is 0 Å². The zero-order chi connectivity index (χ0) is 17.8. The van der Waals surface area contributed by atoms with E-state index in [4.69, 9.17) is 16.3 Å². The highest BCUT2D eigenvalue weighted by Crippen LogP contribution is 2.29. The first-order valence-corrected chi connectivity index (χ1v) is 8.15. The number of amides is 1. The molecule has 0 saturated carbocycles.